The number of rotatable bonds is 2. The summed E-state index contributed by atoms with van der Waals surface area (Å²) >= 11 is 0. The van der Waals surface area contributed by atoms with Crippen molar-refractivity contribution in [2.75, 3.05) is 6.61 Å². The zero-order valence-electron chi connectivity index (χ0n) is 7.76. The minimum Gasteiger partial charge on any atom is -0.396 e. The maximum absolute atomic E-state index is 8.89. The van der Waals surface area contributed by atoms with Crippen LogP contribution in [0.15, 0.2) is 0 Å². The van der Waals surface area contributed by atoms with Gasteiger partial charge in [0.25, 0.3) is 0 Å². The van der Waals surface area contributed by atoms with Crippen LogP contribution in [0.1, 0.15) is 28.5 Å². The van der Waals surface area contributed by atoms with Gasteiger partial charge in [0.1, 0.15) is 0 Å². The Labute approximate surface area is 63.9 Å². The quantitative estimate of drug-likeness (QED) is 0.635. The molecule has 2 atom stereocenters. The van der Waals surface area contributed by atoms with E-state index in [0.29, 0.717) is 0 Å². The van der Waals surface area contributed by atoms with Crippen molar-refractivity contribution < 1.29 is 6.48 Å². The SMILES string of the molecule is [2H]C(C#N)C(CO)C(C)(C)C. The molecule has 0 aliphatic heterocycles. The molecule has 1 N–H and O–H groups in total. The molecular weight excluding hydrogens is 126 g/mol. The average Bonchev–Trinajstić information content (AvgIpc) is 1.86. The first-order valence-electron chi connectivity index (χ1n) is 3.94. The Morgan fingerprint density at radius 3 is 2.30 bits per heavy atom. The summed E-state index contributed by atoms with van der Waals surface area (Å²) in [5.41, 5.74) is -0.170. The van der Waals surface area contributed by atoms with Crippen LogP contribution in [0.2, 0.25) is 0 Å². The molecule has 0 fully saturated rings. The second-order valence-corrected chi connectivity index (χ2v) is 3.45. The van der Waals surface area contributed by atoms with Gasteiger partial charge in [0.15, 0.2) is 0 Å². The summed E-state index contributed by atoms with van der Waals surface area (Å²) in [5.74, 6) is -0.257. The first-order chi connectivity index (χ1) is 4.93. The van der Waals surface area contributed by atoms with Gasteiger partial charge in [0.05, 0.1) is 6.07 Å². The van der Waals surface area contributed by atoms with E-state index in [1.54, 1.807) is 0 Å². The van der Waals surface area contributed by atoms with Crippen LogP contribution < -0.4 is 0 Å². The van der Waals surface area contributed by atoms with E-state index in [1.165, 1.54) is 0 Å². The van der Waals surface area contributed by atoms with Crippen LogP contribution in [-0.4, -0.2) is 11.7 Å². The van der Waals surface area contributed by atoms with Gasteiger partial charge in [-0.05, 0) is 11.3 Å². The van der Waals surface area contributed by atoms with Crippen LogP contribution in [0, 0.1) is 22.7 Å². The lowest BCUT2D eigenvalue weighted by molar-refractivity contribution is 0.134. The molecule has 0 aromatic heterocycles. The standard InChI is InChI=1S/C8H15NO/c1-8(2,3)7(6-10)4-5-9/h7,10H,4,6H2,1-3H3/i4D. The van der Waals surface area contributed by atoms with E-state index < -0.39 is 6.40 Å². The molecule has 0 heterocycles. The van der Waals surface area contributed by atoms with Gasteiger partial charge >= 0.3 is 0 Å². The first-order valence-corrected chi connectivity index (χ1v) is 3.36. The summed E-state index contributed by atoms with van der Waals surface area (Å²) in [7, 11) is 0. The van der Waals surface area contributed by atoms with Gasteiger partial charge in [-0.1, -0.05) is 20.8 Å². The Hall–Kier alpha value is -0.550. The average molecular weight is 142 g/mol. The van der Waals surface area contributed by atoms with E-state index >= 15 is 0 Å². The lowest BCUT2D eigenvalue weighted by Crippen LogP contribution is -2.23. The molecule has 0 amide bonds. The molecule has 0 saturated heterocycles. The lowest BCUT2D eigenvalue weighted by atomic mass is 9.80. The summed E-state index contributed by atoms with van der Waals surface area (Å²) in [5, 5.41) is 17.3. The summed E-state index contributed by atoms with van der Waals surface area (Å²) in [4.78, 5) is 0. The van der Waals surface area contributed by atoms with Crippen LogP contribution in [0.4, 0.5) is 0 Å². The maximum atomic E-state index is 8.89. The molecule has 0 aliphatic rings. The molecule has 0 aliphatic carbocycles. The third kappa shape index (κ3) is 2.84. The number of hydrogen-bond donors (Lipinski definition) is 1. The van der Waals surface area contributed by atoms with E-state index in [4.69, 9.17) is 11.7 Å². The normalized spacial score (nSPS) is 18.9. The highest BCUT2D eigenvalue weighted by atomic mass is 16.3. The second kappa shape index (κ2) is 3.58. The number of nitrogens with zero attached hydrogens (tertiary/aromatic N) is 1. The Balaban J connectivity index is 4.31. The smallest absolute Gasteiger partial charge is 0.0625 e. The molecule has 0 aromatic rings. The molecule has 0 aromatic carbocycles. The molecule has 2 nitrogen and oxygen atoms in total. The number of aliphatic hydroxyl groups excluding tert-OH is 1. The van der Waals surface area contributed by atoms with Gasteiger partial charge in [-0.3, -0.25) is 0 Å². The fourth-order valence-electron chi connectivity index (χ4n) is 0.667. The zero-order valence-corrected chi connectivity index (χ0v) is 6.76. The first kappa shape index (κ1) is 7.56. The summed E-state index contributed by atoms with van der Waals surface area (Å²) in [6, 6.07) is 1.83. The maximum Gasteiger partial charge on any atom is 0.0625 e. The Morgan fingerprint density at radius 1 is 1.70 bits per heavy atom. The van der Waals surface area contributed by atoms with Crippen LogP contribution in [0.5, 0.6) is 0 Å². The van der Waals surface area contributed by atoms with Gasteiger partial charge in [-0.15, -0.1) is 0 Å². The fourth-order valence-corrected chi connectivity index (χ4v) is 0.667. The van der Waals surface area contributed by atoms with E-state index in [-0.39, 0.29) is 17.9 Å². The van der Waals surface area contributed by atoms with Crippen LogP contribution >= 0.6 is 0 Å². The van der Waals surface area contributed by atoms with Gasteiger partial charge < -0.3 is 5.11 Å². The van der Waals surface area contributed by atoms with E-state index in [0.717, 1.165) is 0 Å². The predicted octanol–water partition coefficient (Wildman–Crippen LogP) is 1.55. The van der Waals surface area contributed by atoms with Crippen molar-refractivity contribution in [3.63, 3.8) is 0 Å². The topological polar surface area (TPSA) is 44.0 Å². The van der Waals surface area contributed by atoms with E-state index in [9.17, 15) is 0 Å². The Bertz CT molecular complexity index is 156. The van der Waals surface area contributed by atoms with Crippen molar-refractivity contribution in [2.45, 2.75) is 27.2 Å². The largest absolute Gasteiger partial charge is 0.396 e. The highest BCUT2D eigenvalue weighted by molar-refractivity contribution is 4.82. The molecule has 10 heavy (non-hydrogen) atoms. The minimum atomic E-state index is -0.819. The Kier molecular flexibility index (Phi) is 2.70. The number of aliphatic hydroxyl groups is 1. The molecular formula is C8H15NO. The molecule has 2 heteroatoms. The van der Waals surface area contributed by atoms with Gasteiger partial charge in [-0.2, -0.15) is 5.26 Å². The molecule has 58 valence electrons. The van der Waals surface area contributed by atoms with Crippen molar-refractivity contribution in [3.05, 3.63) is 0 Å². The van der Waals surface area contributed by atoms with Crippen LogP contribution in [0.3, 0.4) is 0 Å². The molecule has 0 spiro atoms. The number of hydrogen-bond acceptors (Lipinski definition) is 2. The summed E-state index contributed by atoms with van der Waals surface area (Å²) in [6.07, 6.45) is -0.819. The molecule has 0 bridgehead atoms. The fraction of sp³-hybridized carbons (Fsp3) is 0.875. The highest BCUT2D eigenvalue weighted by Crippen LogP contribution is 2.27. The Morgan fingerprint density at radius 2 is 2.20 bits per heavy atom. The van der Waals surface area contributed by atoms with Crippen molar-refractivity contribution >= 4 is 0 Å². The third-order valence-corrected chi connectivity index (χ3v) is 1.58. The lowest BCUT2D eigenvalue weighted by Gasteiger charge is -2.26. The number of nitriles is 1. The van der Waals surface area contributed by atoms with Crippen LogP contribution in [-0.2, 0) is 0 Å². The zero-order chi connectivity index (χ0) is 9.07. The minimum absolute atomic E-state index is 0.0920. The van der Waals surface area contributed by atoms with Crippen molar-refractivity contribution in [1.29, 1.82) is 5.26 Å². The van der Waals surface area contributed by atoms with Gasteiger partial charge in [0, 0.05) is 14.4 Å². The van der Waals surface area contributed by atoms with Crippen molar-refractivity contribution in [3.8, 4) is 6.07 Å². The van der Waals surface area contributed by atoms with E-state index in [2.05, 4.69) is 0 Å². The van der Waals surface area contributed by atoms with Crippen molar-refractivity contribution in [1.82, 2.24) is 0 Å². The predicted molar refractivity (Wildman–Crippen MR) is 40.3 cm³/mol. The molecule has 2 unspecified atom stereocenters. The van der Waals surface area contributed by atoms with Crippen molar-refractivity contribution in [2.24, 2.45) is 11.3 Å². The highest BCUT2D eigenvalue weighted by Gasteiger charge is 2.22. The van der Waals surface area contributed by atoms with Gasteiger partial charge in [0.2, 0.25) is 0 Å². The van der Waals surface area contributed by atoms with Gasteiger partial charge in [-0.25, -0.2) is 0 Å². The third-order valence-electron chi connectivity index (χ3n) is 1.58. The van der Waals surface area contributed by atoms with Crippen LogP contribution in [0.25, 0.3) is 0 Å². The molecule has 0 saturated carbocycles. The molecule has 0 radical (unpaired) electrons. The monoisotopic (exact) mass is 142 g/mol. The summed E-state index contributed by atoms with van der Waals surface area (Å²) < 4.78 is 7.31. The van der Waals surface area contributed by atoms with E-state index in [1.807, 2.05) is 26.8 Å². The second-order valence-electron chi connectivity index (χ2n) is 3.45. The molecule has 0 rings (SSSR count). The summed E-state index contributed by atoms with van der Waals surface area (Å²) in [6.45, 7) is 5.68.